The summed E-state index contributed by atoms with van der Waals surface area (Å²) < 4.78 is 15.5. The first kappa shape index (κ1) is 15.4. The molecule has 1 fully saturated rings. The van der Waals surface area contributed by atoms with Gasteiger partial charge in [0.15, 0.2) is 0 Å². The van der Waals surface area contributed by atoms with Crippen molar-refractivity contribution < 1.29 is 9.50 Å². The molecule has 2 heterocycles. The molecule has 2 aromatic rings. The van der Waals surface area contributed by atoms with Crippen LogP contribution in [0.4, 0.5) is 4.39 Å². The summed E-state index contributed by atoms with van der Waals surface area (Å²) in [4.78, 5) is 2.05. The van der Waals surface area contributed by atoms with Gasteiger partial charge < -0.3 is 5.11 Å². The topological polar surface area (TPSA) is 54.2 Å². The Morgan fingerprint density at radius 3 is 3.05 bits per heavy atom. The van der Waals surface area contributed by atoms with Gasteiger partial charge in [-0.3, -0.25) is 4.90 Å². The van der Waals surface area contributed by atoms with Crippen LogP contribution in [0.15, 0.2) is 30.6 Å². The Hall–Kier alpha value is -1.50. The largest absolute Gasteiger partial charge is 0.387 e. The number of likely N-dealkylation sites (tertiary alicyclic amines) is 1. The standard InChI is InChI=1S/C15H18ClFN4O/c16-13-2-3-14(17)12(8-13)9-20-6-1-4-15(22,10-20)11-21-7-5-18-19-21/h2-3,5,7-8,22H,1,4,6,9-11H2. The molecule has 0 spiro atoms. The van der Waals surface area contributed by atoms with Gasteiger partial charge in [-0.15, -0.1) is 5.10 Å². The lowest BCUT2D eigenvalue weighted by Gasteiger charge is -2.39. The normalized spacial score (nSPS) is 22.9. The molecule has 1 aliphatic heterocycles. The second-order valence-corrected chi connectivity index (χ2v) is 6.31. The van der Waals surface area contributed by atoms with Crippen molar-refractivity contribution >= 4 is 11.6 Å². The van der Waals surface area contributed by atoms with Gasteiger partial charge in [-0.05, 0) is 37.6 Å². The van der Waals surface area contributed by atoms with Crippen LogP contribution in [0.2, 0.25) is 5.02 Å². The number of halogens is 2. The van der Waals surface area contributed by atoms with Crippen LogP contribution in [0.5, 0.6) is 0 Å². The molecule has 1 saturated heterocycles. The summed E-state index contributed by atoms with van der Waals surface area (Å²) in [6, 6.07) is 4.56. The molecule has 7 heteroatoms. The van der Waals surface area contributed by atoms with E-state index >= 15 is 0 Å². The van der Waals surface area contributed by atoms with E-state index < -0.39 is 5.60 Å². The molecule has 1 atom stereocenters. The fourth-order valence-electron chi connectivity index (χ4n) is 2.99. The predicted octanol–water partition coefficient (Wildman–Crippen LogP) is 2.10. The lowest BCUT2D eigenvalue weighted by atomic mass is 9.92. The van der Waals surface area contributed by atoms with Crippen LogP contribution < -0.4 is 0 Å². The zero-order valence-electron chi connectivity index (χ0n) is 12.1. The van der Waals surface area contributed by atoms with Crippen molar-refractivity contribution in [3.05, 3.63) is 47.0 Å². The number of hydrogen-bond acceptors (Lipinski definition) is 4. The second kappa shape index (κ2) is 6.32. The fourth-order valence-corrected chi connectivity index (χ4v) is 3.19. The van der Waals surface area contributed by atoms with Crippen molar-refractivity contribution in [2.45, 2.75) is 31.5 Å². The number of β-amino-alcohol motifs (C(OH)–C–C–N with tert-alkyl or cyclic N) is 1. The number of aliphatic hydroxyl groups is 1. The maximum atomic E-state index is 13.9. The Bertz CT molecular complexity index is 636. The van der Waals surface area contributed by atoms with Gasteiger partial charge in [-0.1, -0.05) is 16.8 Å². The molecular weight excluding hydrogens is 307 g/mol. The van der Waals surface area contributed by atoms with Crippen molar-refractivity contribution in [2.24, 2.45) is 0 Å². The number of rotatable bonds is 4. The zero-order valence-corrected chi connectivity index (χ0v) is 12.9. The summed E-state index contributed by atoms with van der Waals surface area (Å²) in [5.74, 6) is -0.269. The van der Waals surface area contributed by atoms with E-state index in [4.69, 9.17) is 11.6 Å². The van der Waals surface area contributed by atoms with E-state index in [9.17, 15) is 9.50 Å². The molecule has 3 rings (SSSR count). The molecule has 1 aliphatic rings. The Kier molecular flexibility index (Phi) is 4.42. The summed E-state index contributed by atoms with van der Waals surface area (Å²) in [7, 11) is 0. The summed E-state index contributed by atoms with van der Waals surface area (Å²) >= 11 is 5.93. The molecule has 0 saturated carbocycles. The molecule has 22 heavy (non-hydrogen) atoms. The minimum absolute atomic E-state index is 0.269. The highest BCUT2D eigenvalue weighted by atomic mass is 35.5. The minimum Gasteiger partial charge on any atom is -0.387 e. The Morgan fingerprint density at radius 2 is 2.27 bits per heavy atom. The quantitative estimate of drug-likeness (QED) is 0.935. The second-order valence-electron chi connectivity index (χ2n) is 5.87. The summed E-state index contributed by atoms with van der Waals surface area (Å²) in [5.41, 5.74) is -0.321. The Morgan fingerprint density at radius 1 is 1.41 bits per heavy atom. The van der Waals surface area contributed by atoms with Gasteiger partial charge in [0.1, 0.15) is 5.82 Å². The van der Waals surface area contributed by atoms with Crippen molar-refractivity contribution in [1.82, 2.24) is 19.9 Å². The lowest BCUT2D eigenvalue weighted by Crippen LogP contribution is -2.50. The average molecular weight is 325 g/mol. The SMILES string of the molecule is OC1(Cn2ccnn2)CCCN(Cc2cc(Cl)ccc2F)C1. The van der Waals surface area contributed by atoms with Crippen LogP contribution in [0, 0.1) is 5.82 Å². The lowest BCUT2D eigenvalue weighted by molar-refractivity contribution is -0.0480. The molecule has 0 radical (unpaired) electrons. The molecule has 118 valence electrons. The smallest absolute Gasteiger partial charge is 0.127 e. The van der Waals surface area contributed by atoms with E-state index in [0.29, 0.717) is 36.6 Å². The summed E-state index contributed by atoms with van der Waals surface area (Å²) in [6.45, 7) is 2.12. The van der Waals surface area contributed by atoms with Gasteiger partial charge in [0.05, 0.1) is 18.3 Å². The zero-order chi connectivity index (χ0) is 15.6. The molecule has 1 aromatic carbocycles. The van der Waals surface area contributed by atoms with Gasteiger partial charge in [0.2, 0.25) is 0 Å². The van der Waals surface area contributed by atoms with Gasteiger partial charge in [0.25, 0.3) is 0 Å². The van der Waals surface area contributed by atoms with E-state index in [2.05, 4.69) is 15.2 Å². The van der Waals surface area contributed by atoms with E-state index in [1.54, 1.807) is 23.1 Å². The highest BCUT2D eigenvalue weighted by molar-refractivity contribution is 6.30. The van der Waals surface area contributed by atoms with Crippen molar-refractivity contribution in [2.75, 3.05) is 13.1 Å². The number of nitrogens with zero attached hydrogens (tertiary/aromatic N) is 4. The van der Waals surface area contributed by atoms with Crippen molar-refractivity contribution in [3.8, 4) is 0 Å². The Labute approximate surface area is 133 Å². The average Bonchev–Trinajstić information content (AvgIpc) is 2.95. The van der Waals surface area contributed by atoms with E-state index in [1.807, 2.05) is 0 Å². The summed E-state index contributed by atoms with van der Waals surface area (Å²) in [6.07, 6.45) is 4.87. The monoisotopic (exact) mass is 324 g/mol. The van der Waals surface area contributed by atoms with Crippen molar-refractivity contribution in [1.29, 1.82) is 0 Å². The van der Waals surface area contributed by atoms with E-state index in [-0.39, 0.29) is 5.82 Å². The summed E-state index contributed by atoms with van der Waals surface area (Å²) in [5, 5.41) is 18.9. The first-order valence-corrected chi connectivity index (χ1v) is 7.65. The van der Waals surface area contributed by atoms with Crippen LogP contribution in [-0.4, -0.2) is 43.7 Å². The van der Waals surface area contributed by atoms with Gasteiger partial charge in [-0.2, -0.15) is 0 Å². The number of hydrogen-bond donors (Lipinski definition) is 1. The third kappa shape index (κ3) is 3.63. The molecule has 1 unspecified atom stereocenters. The van der Waals surface area contributed by atoms with Gasteiger partial charge in [0, 0.05) is 29.9 Å². The first-order valence-electron chi connectivity index (χ1n) is 7.27. The van der Waals surface area contributed by atoms with Crippen LogP contribution in [0.1, 0.15) is 18.4 Å². The molecule has 0 aliphatic carbocycles. The first-order chi connectivity index (χ1) is 10.5. The maximum Gasteiger partial charge on any atom is 0.127 e. The third-order valence-corrected chi connectivity index (χ3v) is 4.20. The number of aromatic nitrogens is 3. The van der Waals surface area contributed by atoms with Gasteiger partial charge in [-0.25, -0.2) is 9.07 Å². The number of piperidine rings is 1. The fraction of sp³-hybridized carbons (Fsp3) is 0.467. The molecule has 1 N–H and O–H groups in total. The molecular formula is C15H18ClFN4O. The van der Waals surface area contributed by atoms with Crippen molar-refractivity contribution in [3.63, 3.8) is 0 Å². The molecule has 0 bridgehead atoms. The Balaban J connectivity index is 1.68. The van der Waals surface area contributed by atoms with Crippen LogP contribution in [-0.2, 0) is 13.1 Å². The van der Waals surface area contributed by atoms with E-state index in [1.165, 1.54) is 12.1 Å². The predicted molar refractivity (Wildman–Crippen MR) is 80.9 cm³/mol. The highest BCUT2D eigenvalue weighted by Gasteiger charge is 2.34. The molecule has 5 nitrogen and oxygen atoms in total. The van der Waals surface area contributed by atoms with E-state index in [0.717, 1.165) is 13.0 Å². The highest BCUT2D eigenvalue weighted by Crippen LogP contribution is 2.25. The molecule has 1 aromatic heterocycles. The van der Waals surface area contributed by atoms with Gasteiger partial charge >= 0.3 is 0 Å². The maximum absolute atomic E-state index is 13.9. The van der Waals surface area contributed by atoms with Crippen LogP contribution in [0.25, 0.3) is 0 Å². The van der Waals surface area contributed by atoms with Crippen LogP contribution in [0.3, 0.4) is 0 Å². The minimum atomic E-state index is -0.874. The molecule has 0 amide bonds. The third-order valence-electron chi connectivity index (χ3n) is 3.96. The van der Waals surface area contributed by atoms with Crippen LogP contribution >= 0.6 is 11.6 Å². The number of benzene rings is 1.